The summed E-state index contributed by atoms with van der Waals surface area (Å²) >= 11 is 2.42. The molecule has 140 valence electrons. The lowest BCUT2D eigenvalue weighted by molar-refractivity contribution is -0.106. The molecule has 0 aliphatic heterocycles. The largest absolute Gasteiger partial charge is 0.352 e. The number of pyridine rings is 1. The van der Waals surface area contributed by atoms with Gasteiger partial charge in [0.25, 0.3) is 0 Å². The van der Waals surface area contributed by atoms with E-state index in [2.05, 4.69) is 51.8 Å². The van der Waals surface area contributed by atoms with Gasteiger partial charge in [0.1, 0.15) is 0 Å². The topological polar surface area (TPSA) is 31.4 Å². The third-order valence-electron chi connectivity index (χ3n) is 3.54. The van der Waals surface area contributed by atoms with Crippen LogP contribution in [-0.2, 0) is 9.47 Å². The first-order valence-electron chi connectivity index (χ1n) is 8.30. The number of nitrogens with zero attached hydrogens (tertiary/aromatic N) is 1. The molecular formula is C20H29FINO2. The van der Waals surface area contributed by atoms with Crippen molar-refractivity contribution < 1.29 is 13.9 Å². The van der Waals surface area contributed by atoms with E-state index in [1.165, 1.54) is 11.1 Å². The van der Waals surface area contributed by atoms with Crippen molar-refractivity contribution in [1.29, 1.82) is 0 Å². The molecule has 25 heavy (non-hydrogen) atoms. The first-order chi connectivity index (χ1) is 12.3. The molecule has 0 saturated heterocycles. The highest BCUT2D eigenvalue weighted by Crippen LogP contribution is 2.34. The molecule has 0 N–H and O–H groups in total. The van der Waals surface area contributed by atoms with Crippen molar-refractivity contribution >= 4 is 22.6 Å². The van der Waals surface area contributed by atoms with Gasteiger partial charge in [-0.15, -0.1) is 0 Å². The molecule has 1 aromatic heterocycles. The quantitative estimate of drug-likeness (QED) is 0.291. The summed E-state index contributed by atoms with van der Waals surface area (Å²) in [7, 11) is 3.82. The Morgan fingerprint density at radius 1 is 1.00 bits per heavy atom. The minimum absolute atomic E-state index is 0.305. The van der Waals surface area contributed by atoms with Crippen molar-refractivity contribution in [1.82, 2.24) is 4.98 Å². The summed E-state index contributed by atoms with van der Waals surface area (Å²) in [6.45, 7) is 4.00. The predicted octanol–water partition coefficient (Wildman–Crippen LogP) is 5.94. The van der Waals surface area contributed by atoms with Crippen molar-refractivity contribution in [3.8, 4) is 0 Å². The smallest absolute Gasteiger partial charge is 0.183 e. The van der Waals surface area contributed by atoms with Crippen molar-refractivity contribution in [3.63, 3.8) is 0 Å². The lowest BCUT2D eigenvalue weighted by atomic mass is 9.87. The number of hydrogen-bond acceptors (Lipinski definition) is 3. The monoisotopic (exact) mass is 461 g/mol. The van der Waals surface area contributed by atoms with Gasteiger partial charge in [0.2, 0.25) is 0 Å². The molecule has 0 saturated carbocycles. The molecule has 1 heterocycles. The van der Waals surface area contributed by atoms with Crippen LogP contribution in [0, 0.1) is 0 Å². The minimum Gasteiger partial charge on any atom is -0.352 e. The molecule has 3 nitrogen and oxygen atoms in total. The van der Waals surface area contributed by atoms with E-state index in [9.17, 15) is 4.39 Å². The number of benzene rings is 1. The number of hydrogen-bond donors (Lipinski definition) is 0. The van der Waals surface area contributed by atoms with Gasteiger partial charge in [-0.2, -0.15) is 0 Å². The lowest BCUT2D eigenvalue weighted by Gasteiger charge is -2.23. The standard InChI is InChI=1S/C17H20INO2.C2H6.CH3F/c1-20-17(21-2)15-9-11-19-12-16(15)14(8-10-18)13-6-4-3-5-7-13;2*1-2/h3-7,9,11-12,14,17H,8,10H2,1-2H3;1-2H3;1H3. The summed E-state index contributed by atoms with van der Waals surface area (Å²) in [5.74, 6) is 0.305. The maximum atomic E-state index is 9.50. The van der Waals surface area contributed by atoms with E-state index in [-0.39, 0.29) is 6.29 Å². The summed E-state index contributed by atoms with van der Waals surface area (Å²) in [6, 6.07) is 12.5. The SMILES string of the molecule is CC.CF.COC(OC)c1ccncc1C(CCI)c1ccccc1. The van der Waals surface area contributed by atoms with Crippen LogP contribution in [0.4, 0.5) is 4.39 Å². The van der Waals surface area contributed by atoms with Crippen LogP contribution in [0.3, 0.4) is 0 Å². The number of methoxy groups -OCH3 is 2. The molecule has 0 aliphatic rings. The summed E-state index contributed by atoms with van der Waals surface area (Å²) in [4.78, 5) is 4.31. The van der Waals surface area contributed by atoms with E-state index in [4.69, 9.17) is 9.47 Å². The van der Waals surface area contributed by atoms with Crippen LogP contribution in [-0.4, -0.2) is 30.8 Å². The van der Waals surface area contributed by atoms with Gasteiger partial charge in [-0.25, -0.2) is 0 Å². The molecule has 0 amide bonds. The van der Waals surface area contributed by atoms with E-state index >= 15 is 0 Å². The van der Waals surface area contributed by atoms with E-state index in [0.29, 0.717) is 13.1 Å². The van der Waals surface area contributed by atoms with Crippen LogP contribution < -0.4 is 0 Å². The predicted molar refractivity (Wildman–Crippen MR) is 111 cm³/mol. The maximum absolute atomic E-state index is 9.50. The third kappa shape index (κ3) is 7.38. The zero-order chi connectivity index (χ0) is 19.1. The Balaban J connectivity index is 0.00000134. The molecular weight excluding hydrogens is 432 g/mol. The van der Waals surface area contributed by atoms with Gasteiger partial charge in [0.15, 0.2) is 6.29 Å². The highest BCUT2D eigenvalue weighted by molar-refractivity contribution is 14.1. The van der Waals surface area contributed by atoms with Gasteiger partial charge >= 0.3 is 0 Å². The Kier molecular flexibility index (Phi) is 14.6. The summed E-state index contributed by atoms with van der Waals surface area (Å²) in [6.07, 6.45) is 4.42. The Bertz CT molecular complexity index is 550. The van der Waals surface area contributed by atoms with Crippen molar-refractivity contribution in [2.75, 3.05) is 25.8 Å². The number of ether oxygens (including phenoxy) is 2. The molecule has 0 spiro atoms. The Morgan fingerprint density at radius 2 is 1.60 bits per heavy atom. The zero-order valence-electron chi connectivity index (χ0n) is 15.7. The minimum atomic E-state index is -0.358. The Morgan fingerprint density at radius 3 is 2.12 bits per heavy atom. The van der Waals surface area contributed by atoms with Crippen LogP contribution in [0.15, 0.2) is 48.8 Å². The number of halogens is 2. The first kappa shape index (κ1) is 23.9. The number of alkyl halides is 2. The lowest BCUT2D eigenvalue weighted by Crippen LogP contribution is -2.12. The number of aromatic nitrogens is 1. The third-order valence-corrected chi connectivity index (χ3v) is 4.17. The average molecular weight is 461 g/mol. The van der Waals surface area contributed by atoms with Crippen molar-refractivity contribution in [3.05, 3.63) is 65.5 Å². The van der Waals surface area contributed by atoms with E-state index in [1.54, 1.807) is 20.4 Å². The van der Waals surface area contributed by atoms with Crippen LogP contribution in [0.5, 0.6) is 0 Å². The van der Waals surface area contributed by atoms with E-state index in [1.807, 2.05) is 32.2 Å². The van der Waals surface area contributed by atoms with Gasteiger partial charge in [-0.1, -0.05) is 66.8 Å². The molecule has 0 fully saturated rings. The van der Waals surface area contributed by atoms with Crippen LogP contribution in [0.1, 0.15) is 49.2 Å². The Labute approximate surface area is 165 Å². The summed E-state index contributed by atoms with van der Waals surface area (Å²) in [5, 5.41) is 0. The Hall–Kier alpha value is -1.05. The summed E-state index contributed by atoms with van der Waals surface area (Å²) in [5.41, 5.74) is 3.53. The van der Waals surface area contributed by atoms with Crippen molar-refractivity contribution in [2.24, 2.45) is 0 Å². The van der Waals surface area contributed by atoms with Gasteiger partial charge in [-0.05, 0) is 23.6 Å². The second kappa shape index (κ2) is 15.2. The van der Waals surface area contributed by atoms with Gasteiger partial charge < -0.3 is 9.47 Å². The fourth-order valence-corrected chi connectivity index (χ4v) is 3.19. The van der Waals surface area contributed by atoms with Crippen LogP contribution >= 0.6 is 22.6 Å². The molecule has 2 rings (SSSR count). The van der Waals surface area contributed by atoms with E-state index in [0.717, 1.165) is 16.4 Å². The molecule has 1 atom stereocenters. The molecule has 2 aromatic rings. The highest BCUT2D eigenvalue weighted by atomic mass is 127. The van der Waals surface area contributed by atoms with Crippen LogP contribution in [0.2, 0.25) is 0 Å². The molecule has 5 heteroatoms. The second-order valence-electron chi connectivity index (χ2n) is 4.75. The second-order valence-corrected chi connectivity index (χ2v) is 5.83. The van der Waals surface area contributed by atoms with E-state index < -0.39 is 0 Å². The number of rotatable bonds is 7. The molecule has 1 unspecified atom stereocenters. The normalized spacial score (nSPS) is 11.0. The maximum Gasteiger partial charge on any atom is 0.183 e. The fraction of sp³-hybridized carbons (Fsp3) is 0.450. The molecule has 1 aromatic carbocycles. The van der Waals surface area contributed by atoms with Gasteiger partial charge in [0, 0.05) is 42.5 Å². The fourth-order valence-electron chi connectivity index (χ4n) is 2.57. The first-order valence-corrected chi connectivity index (χ1v) is 9.82. The summed E-state index contributed by atoms with van der Waals surface area (Å²) < 4.78 is 21.5. The van der Waals surface area contributed by atoms with Crippen LogP contribution in [0.25, 0.3) is 0 Å². The zero-order valence-corrected chi connectivity index (χ0v) is 17.9. The highest BCUT2D eigenvalue weighted by Gasteiger charge is 2.21. The van der Waals surface area contributed by atoms with Crippen molar-refractivity contribution in [2.45, 2.75) is 32.5 Å². The molecule has 0 bridgehead atoms. The van der Waals surface area contributed by atoms with Gasteiger partial charge in [0.05, 0.1) is 7.18 Å². The molecule has 0 radical (unpaired) electrons. The molecule has 0 aliphatic carbocycles. The average Bonchev–Trinajstić information content (AvgIpc) is 2.71. The van der Waals surface area contributed by atoms with Gasteiger partial charge in [-0.3, -0.25) is 9.37 Å².